The molecule has 0 saturated carbocycles. The Morgan fingerprint density at radius 3 is 2.61 bits per heavy atom. The topological polar surface area (TPSA) is 41.6 Å². The average Bonchev–Trinajstić information content (AvgIpc) is 2.45. The molecule has 1 aromatic rings. The van der Waals surface area contributed by atoms with Gasteiger partial charge < -0.3 is 15.0 Å². The van der Waals surface area contributed by atoms with Gasteiger partial charge in [-0.3, -0.25) is 0 Å². The quantitative estimate of drug-likeness (QED) is 0.907. The van der Waals surface area contributed by atoms with Crippen LogP contribution >= 0.6 is 0 Å². The first-order chi connectivity index (χ1) is 10.7. The lowest BCUT2D eigenvalue weighted by Gasteiger charge is -2.39. The third-order valence-electron chi connectivity index (χ3n) is 4.00. The molecule has 2 rings (SSSR count). The minimum Gasteiger partial charge on any atom is -0.444 e. The van der Waals surface area contributed by atoms with Gasteiger partial charge in [0.05, 0.1) is 0 Å². The van der Waals surface area contributed by atoms with Crippen LogP contribution in [0.25, 0.3) is 0 Å². The largest absolute Gasteiger partial charge is 0.444 e. The Morgan fingerprint density at radius 2 is 2.04 bits per heavy atom. The lowest BCUT2D eigenvalue weighted by Crippen LogP contribution is -2.50. The number of rotatable bonds is 2. The number of amides is 1. The zero-order valence-electron chi connectivity index (χ0n) is 14.0. The van der Waals surface area contributed by atoms with Gasteiger partial charge in [0.2, 0.25) is 0 Å². The summed E-state index contributed by atoms with van der Waals surface area (Å²) < 4.78 is 32.7. The second-order valence-electron chi connectivity index (χ2n) is 6.88. The van der Waals surface area contributed by atoms with Crippen molar-refractivity contribution in [1.82, 2.24) is 10.2 Å². The number of benzene rings is 1. The number of piperidine rings is 1. The Hall–Kier alpha value is -1.69. The molecule has 128 valence electrons. The smallest absolute Gasteiger partial charge is 0.410 e. The van der Waals surface area contributed by atoms with Crippen molar-refractivity contribution in [2.45, 2.75) is 44.8 Å². The number of nitrogens with zero attached hydrogens (tertiary/aromatic N) is 1. The molecule has 2 atom stereocenters. The van der Waals surface area contributed by atoms with Gasteiger partial charge in [0.25, 0.3) is 0 Å². The Balaban J connectivity index is 2.20. The maximum Gasteiger partial charge on any atom is 0.410 e. The summed E-state index contributed by atoms with van der Waals surface area (Å²) in [5, 5.41) is 3.16. The summed E-state index contributed by atoms with van der Waals surface area (Å²) in [7, 11) is 1.81. The highest BCUT2D eigenvalue weighted by molar-refractivity contribution is 5.68. The van der Waals surface area contributed by atoms with Crippen molar-refractivity contribution in [3.63, 3.8) is 0 Å². The molecule has 23 heavy (non-hydrogen) atoms. The second kappa shape index (κ2) is 6.83. The van der Waals surface area contributed by atoms with E-state index in [1.807, 2.05) is 27.8 Å². The Bertz CT molecular complexity index is 572. The van der Waals surface area contributed by atoms with Crippen LogP contribution in [0.5, 0.6) is 0 Å². The zero-order chi connectivity index (χ0) is 17.2. The monoisotopic (exact) mass is 326 g/mol. The fourth-order valence-corrected chi connectivity index (χ4v) is 2.91. The van der Waals surface area contributed by atoms with Gasteiger partial charge >= 0.3 is 6.09 Å². The highest BCUT2D eigenvalue weighted by Crippen LogP contribution is 2.30. The molecule has 0 bridgehead atoms. The number of hydrogen-bond donors (Lipinski definition) is 1. The van der Waals surface area contributed by atoms with E-state index in [-0.39, 0.29) is 12.0 Å². The first-order valence-corrected chi connectivity index (χ1v) is 7.81. The number of halogens is 2. The molecule has 1 aromatic carbocycles. The minimum absolute atomic E-state index is 0.0219. The van der Waals surface area contributed by atoms with Gasteiger partial charge in [-0.25, -0.2) is 13.6 Å². The van der Waals surface area contributed by atoms with Crippen molar-refractivity contribution >= 4 is 6.09 Å². The number of carbonyl (C=O) groups excluding carboxylic acids is 1. The third-order valence-corrected chi connectivity index (χ3v) is 4.00. The fourth-order valence-electron chi connectivity index (χ4n) is 2.91. The molecular weight excluding hydrogens is 302 g/mol. The Morgan fingerprint density at radius 1 is 1.35 bits per heavy atom. The number of hydrogen-bond acceptors (Lipinski definition) is 3. The highest BCUT2D eigenvalue weighted by Gasteiger charge is 2.34. The second-order valence-corrected chi connectivity index (χ2v) is 6.88. The van der Waals surface area contributed by atoms with E-state index in [4.69, 9.17) is 4.74 Å². The first-order valence-electron chi connectivity index (χ1n) is 7.81. The van der Waals surface area contributed by atoms with E-state index in [0.717, 1.165) is 6.07 Å². The molecule has 0 aliphatic carbocycles. The van der Waals surface area contributed by atoms with Crippen molar-refractivity contribution in [2.24, 2.45) is 0 Å². The average molecular weight is 326 g/mol. The molecule has 6 heteroatoms. The summed E-state index contributed by atoms with van der Waals surface area (Å²) in [6, 6.07) is 3.61. The van der Waals surface area contributed by atoms with Crippen LogP contribution in [0.2, 0.25) is 0 Å². The van der Waals surface area contributed by atoms with E-state index in [0.29, 0.717) is 25.1 Å². The van der Waals surface area contributed by atoms with Gasteiger partial charge in [0.15, 0.2) is 0 Å². The number of carbonyl (C=O) groups is 1. The third kappa shape index (κ3) is 4.41. The van der Waals surface area contributed by atoms with Crippen LogP contribution in [-0.2, 0) is 4.74 Å². The van der Waals surface area contributed by atoms with E-state index in [9.17, 15) is 13.6 Å². The summed E-state index contributed by atoms with van der Waals surface area (Å²) in [5.74, 6) is -1.43. The molecule has 4 nitrogen and oxygen atoms in total. The van der Waals surface area contributed by atoms with Gasteiger partial charge in [0.1, 0.15) is 17.2 Å². The Kier molecular flexibility index (Phi) is 5.24. The number of likely N-dealkylation sites (N-methyl/N-ethyl adjacent to an activating group) is 1. The van der Waals surface area contributed by atoms with E-state index < -0.39 is 23.3 Å². The van der Waals surface area contributed by atoms with E-state index in [1.54, 1.807) is 4.90 Å². The maximum absolute atomic E-state index is 14.1. The van der Waals surface area contributed by atoms with E-state index in [1.165, 1.54) is 12.1 Å². The predicted octanol–water partition coefficient (Wildman–Crippen LogP) is 3.28. The number of likely N-dealkylation sites (tertiary alicyclic amines) is 1. The Labute approximate surface area is 135 Å². The van der Waals surface area contributed by atoms with Gasteiger partial charge in [-0.2, -0.15) is 0 Å². The maximum atomic E-state index is 14.1. The normalized spacial score (nSPS) is 22.1. The van der Waals surface area contributed by atoms with Crippen LogP contribution in [0.1, 0.15) is 38.7 Å². The van der Waals surface area contributed by atoms with E-state index in [2.05, 4.69) is 5.32 Å². The molecule has 1 saturated heterocycles. The first kappa shape index (κ1) is 17.7. The van der Waals surface area contributed by atoms with Crippen LogP contribution in [0.4, 0.5) is 13.6 Å². The van der Waals surface area contributed by atoms with Crippen LogP contribution in [-0.4, -0.2) is 42.8 Å². The molecule has 1 fully saturated rings. The van der Waals surface area contributed by atoms with Gasteiger partial charge in [-0.1, -0.05) is 6.07 Å². The summed E-state index contributed by atoms with van der Waals surface area (Å²) in [4.78, 5) is 13.8. The fraction of sp³-hybridized carbons (Fsp3) is 0.588. The molecule has 0 spiro atoms. The number of ether oxygens (including phenoxy) is 1. The molecule has 1 heterocycles. The molecule has 1 aliphatic heterocycles. The molecule has 0 aromatic heterocycles. The van der Waals surface area contributed by atoms with Crippen molar-refractivity contribution in [3.8, 4) is 0 Å². The van der Waals surface area contributed by atoms with E-state index >= 15 is 0 Å². The minimum atomic E-state index is -0.605. The summed E-state index contributed by atoms with van der Waals surface area (Å²) >= 11 is 0. The molecule has 0 radical (unpaired) electrons. The highest BCUT2D eigenvalue weighted by atomic mass is 19.1. The molecule has 1 amide bonds. The van der Waals surface area contributed by atoms with Crippen LogP contribution in [0.3, 0.4) is 0 Å². The van der Waals surface area contributed by atoms with Gasteiger partial charge in [-0.15, -0.1) is 0 Å². The van der Waals surface area contributed by atoms with Crippen molar-refractivity contribution in [3.05, 3.63) is 35.4 Å². The zero-order valence-corrected chi connectivity index (χ0v) is 14.0. The van der Waals surface area contributed by atoms with Crippen molar-refractivity contribution < 1.29 is 18.3 Å². The lowest BCUT2D eigenvalue weighted by atomic mass is 9.86. The van der Waals surface area contributed by atoms with Crippen molar-refractivity contribution in [2.75, 3.05) is 20.1 Å². The lowest BCUT2D eigenvalue weighted by molar-refractivity contribution is 0.0176. The van der Waals surface area contributed by atoms with Crippen LogP contribution < -0.4 is 5.32 Å². The van der Waals surface area contributed by atoms with Crippen LogP contribution in [0.15, 0.2) is 18.2 Å². The van der Waals surface area contributed by atoms with Gasteiger partial charge in [0, 0.05) is 31.1 Å². The molecule has 1 aliphatic rings. The number of nitrogens with one attached hydrogen (secondary N) is 1. The standard InChI is InChI=1S/C17H24F2N2O2/c1-17(2,3)23-16(22)21-8-7-15(20-4)13(10-21)12-6-5-11(18)9-14(12)19/h5-6,9,13,15,20H,7-8,10H2,1-4H3/t13-,15+/m1/s1. The van der Waals surface area contributed by atoms with Crippen molar-refractivity contribution in [1.29, 1.82) is 0 Å². The molecular formula is C17H24F2N2O2. The summed E-state index contributed by atoms with van der Waals surface area (Å²) in [5.41, 5.74) is -0.160. The summed E-state index contributed by atoms with van der Waals surface area (Å²) in [6.07, 6.45) is 0.275. The van der Waals surface area contributed by atoms with Gasteiger partial charge in [-0.05, 0) is 45.9 Å². The summed E-state index contributed by atoms with van der Waals surface area (Å²) in [6.45, 7) is 6.30. The predicted molar refractivity (Wildman–Crippen MR) is 84.4 cm³/mol. The molecule has 0 unspecified atom stereocenters. The van der Waals surface area contributed by atoms with Crippen LogP contribution in [0, 0.1) is 11.6 Å². The SMILES string of the molecule is CN[C@H]1CCN(C(=O)OC(C)(C)C)C[C@@H]1c1ccc(F)cc1F. The molecule has 1 N–H and O–H groups in total.